The normalized spacial score (nSPS) is 29.8. The van der Waals surface area contributed by atoms with Crippen molar-refractivity contribution in [2.24, 2.45) is 11.7 Å². The molecule has 3 saturated heterocycles. The average molecular weight is 354 g/mol. The van der Waals surface area contributed by atoms with Crippen LogP contribution in [0.15, 0.2) is 11.6 Å². The molecule has 7 nitrogen and oxygen atoms in total. The SMILES string of the molecule is CC(C)[C@H](N)C(=O)N1CC2(C1)N[C@H](C1=C(N3CCOCC3)O1)CS2. The molecular weight excluding hydrogens is 328 g/mol. The first-order chi connectivity index (χ1) is 11.5. The van der Waals surface area contributed by atoms with Crippen LogP contribution in [-0.4, -0.2) is 77.8 Å². The maximum Gasteiger partial charge on any atom is 0.239 e. The van der Waals surface area contributed by atoms with Crippen LogP contribution in [0.5, 0.6) is 0 Å². The second-order valence-corrected chi connectivity index (χ2v) is 8.74. The van der Waals surface area contributed by atoms with Crippen LogP contribution in [0.1, 0.15) is 13.8 Å². The first-order valence-electron chi connectivity index (χ1n) is 8.70. The molecule has 0 bridgehead atoms. The third kappa shape index (κ3) is 2.89. The summed E-state index contributed by atoms with van der Waals surface area (Å²) in [5.74, 6) is 3.33. The topological polar surface area (TPSA) is 83.4 Å². The predicted octanol–water partition coefficient (Wildman–Crippen LogP) is -0.255. The first-order valence-corrected chi connectivity index (χ1v) is 9.68. The Balaban J connectivity index is 1.31. The van der Waals surface area contributed by atoms with Gasteiger partial charge in [-0.15, -0.1) is 11.8 Å². The van der Waals surface area contributed by atoms with Crippen molar-refractivity contribution in [3.63, 3.8) is 0 Å². The van der Waals surface area contributed by atoms with Gasteiger partial charge < -0.3 is 25.0 Å². The van der Waals surface area contributed by atoms with Crippen LogP contribution < -0.4 is 11.1 Å². The number of rotatable bonds is 4. The lowest BCUT2D eigenvalue weighted by Gasteiger charge is -2.48. The Kier molecular flexibility index (Phi) is 4.19. The highest BCUT2D eigenvalue weighted by atomic mass is 32.2. The van der Waals surface area contributed by atoms with Crippen molar-refractivity contribution >= 4 is 17.7 Å². The Hall–Kier alpha value is -0.960. The number of morpholine rings is 1. The molecule has 4 heterocycles. The van der Waals surface area contributed by atoms with Gasteiger partial charge in [0.1, 0.15) is 4.87 Å². The number of nitrogens with one attached hydrogen (secondary N) is 1. The third-order valence-electron chi connectivity index (χ3n) is 5.16. The van der Waals surface area contributed by atoms with Crippen molar-refractivity contribution in [3.05, 3.63) is 11.6 Å². The number of carbonyl (C=O) groups is 1. The van der Waals surface area contributed by atoms with Gasteiger partial charge in [-0.2, -0.15) is 0 Å². The van der Waals surface area contributed by atoms with Gasteiger partial charge in [-0.1, -0.05) is 13.8 Å². The van der Waals surface area contributed by atoms with E-state index in [1.807, 2.05) is 30.5 Å². The van der Waals surface area contributed by atoms with Gasteiger partial charge in [0.25, 0.3) is 0 Å². The fraction of sp³-hybridized carbons (Fsp3) is 0.812. The summed E-state index contributed by atoms with van der Waals surface area (Å²) in [5.41, 5.74) is 5.98. The van der Waals surface area contributed by atoms with E-state index in [9.17, 15) is 4.79 Å². The molecule has 0 aromatic heterocycles. The minimum atomic E-state index is -0.396. The fourth-order valence-electron chi connectivity index (χ4n) is 3.48. The van der Waals surface area contributed by atoms with Crippen LogP contribution in [0.3, 0.4) is 0 Å². The van der Waals surface area contributed by atoms with E-state index in [4.69, 9.17) is 15.2 Å². The van der Waals surface area contributed by atoms with E-state index >= 15 is 0 Å². The van der Waals surface area contributed by atoms with E-state index in [0.717, 1.165) is 56.8 Å². The van der Waals surface area contributed by atoms with Crippen LogP contribution in [0.4, 0.5) is 0 Å². The molecule has 4 rings (SSSR count). The molecule has 134 valence electrons. The van der Waals surface area contributed by atoms with Crippen molar-refractivity contribution in [2.45, 2.75) is 30.8 Å². The molecule has 8 heteroatoms. The summed E-state index contributed by atoms with van der Waals surface area (Å²) in [5, 5.41) is 3.68. The van der Waals surface area contributed by atoms with Crippen molar-refractivity contribution in [1.29, 1.82) is 0 Å². The van der Waals surface area contributed by atoms with Crippen LogP contribution in [0, 0.1) is 5.92 Å². The number of nitrogens with two attached hydrogens (primary N) is 1. The molecule has 2 atom stereocenters. The van der Waals surface area contributed by atoms with E-state index in [0.29, 0.717) is 0 Å². The Morgan fingerprint density at radius 3 is 2.75 bits per heavy atom. The zero-order valence-corrected chi connectivity index (χ0v) is 15.1. The zero-order chi connectivity index (χ0) is 16.9. The van der Waals surface area contributed by atoms with Crippen molar-refractivity contribution in [3.8, 4) is 0 Å². The van der Waals surface area contributed by atoms with Gasteiger partial charge in [0.15, 0.2) is 5.76 Å². The predicted molar refractivity (Wildman–Crippen MR) is 92.0 cm³/mol. The molecule has 4 aliphatic rings. The average Bonchev–Trinajstić information content (AvgIpc) is 3.23. The Bertz CT molecular complexity index is 556. The van der Waals surface area contributed by atoms with Gasteiger partial charge >= 0.3 is 0 Å². The molecule has 0 unspecified atom stereocenters. The molecule has 0 radical (unpaired) electrons. The van der Waals surface area contributed by atoms with Crippen molar-refractivity contribution in [1.82, 2.24) is 15.1 Å². The molecule has 0 aliphatic carbocycles. The highest BCUT2D eigenvalue weighted by Gasteiger charge is 2.54. The number of carbonyl (C=O) groups excluding carboxylic acids is 1. The molecule has 3 N–H and O–H groups in total. The fourth-order valence-corrected chi connectivity index (χ4v) is 4.92. The third-order valence-corrected chi connectivity index (χ3v) is 6.59. The Labute approximate surface area is 146 Å². The summed E-state index contributed by atoms with van der Waals surface area (Å²) < 4.78 is 11.2. The number of hydrogen-bond acceptors (Lipinski definition) is 7. The summed E-state index contributed by atoms with van der Waals surface area (Å²) in [7, 11) is 0. The smallest absolute Gasteiger partial charge is 0.239 e. The monoisotopic (exact) mass is 354 g/mol. The molecule has 3 fully saturated rings. The minimum absolute atomic E-state index is 0.0217. The zero-order valence-electron chi connectivity index (χ0n) is 14.3. The molecule has 0 aromatic carbocycles. The van der Waals surface area contributed by atoms with Gasteiger partial charge in [0.05, 0.1) is 38.4 Å². The number of ether oxygens (including phenoxy) is 2. The lowest BCUT2D eigenvalue weighted by atomic mass is 10.00. The van der Waals surface area contributed by atoms with E-state index in [-0.39, 0.29) is 22.7 Å². The largest absolute Gasteiger partial charge is 0.435 e. The number of hydrogen-bond donors (Lipinski definition) is 2. The molecule has 1 amide bonds. The molecule has 1 spiro atoms. The molecule has 0 aromatic rings. The number of thioether (sulfide) groups is 1. The lowest BCUT2D eigenvalue weighted by Crippen LogP contribution is -2.69. The highest BCUT2D eigenvalue weighted by molar-refractivity contribution is 8.01. The maximum atomic E-state index is 12.3. The van der Waals surface area contributed by atoms with Crippen molar-refractivity contribution < 1.29 is 14.3 Å². The molecule has 4 aliphatic heterocycles. The van der Waals surface area contributed by atoms with Crippen molar-refractivity contribution in [2.75, 3.05) is 45.1 Å². The van der Waals surface area contributed by atoms with E-state index in [1.165, 1.54) is 0 Å². The highest BCUT2D eigenvalue weighted by Crippen LogP contribution is 2.44. The lowest BCUT2D eigenvalue weighted by molar-refractivity contribution is -0.139. The van der Waals surface area contributed by atoms with Gasteiger partial charge in [-0.05, 0) is 5.92 Å². The summed E-state index contributed by atoms with van der Waals surface area (Å²) >= 11 is 1.89. The molecular formula is C16H26N4O3S. The molecule has 24 heavy (non-hydrogen) atoms. The van der Waals surface area contributed by atoms with Crippen LogP contribution in [-0.2, 0) is 14.3 Å². The Morgan fingerprint density at radius 2 is 2.08 bits per heavy atom. The number of likely N-dealkylation sites (tertiary alicyclic amines) is 1. The Morgan fingerprint density at radius 1 is 1.38 bits per heavy atom. The summed E-state index contributed by atoms with van der Waals surface area (Å²) in [6.07, 6.45) is 0. The number of amides is 1. The minimum Gasteiger partial charge on any atom is -0.435 e. The van der Waals surface area contributed by atoms with Gasteiger partial charge in [-0.3, -0.25) is 10.1 Å². The summed E-state index contributed by atoms with van der Waals surface area (Å²) in [6, 6.07) is -0.143. The maximum absolute atomic E-state index is 12.3. The van der Waals surface area contributed by atoms with Gasteiger partial charge in [0.2, 0.25) is 11.8 Å². The quantitative estimate of drug-likeness (QED) is 0.720. The van der Waals surface area contributed by atoms with E-state index < -0.39 is 6.04 Å². The summed E-state index contributed by atoms with van der Waals surface area (Å²) in [6.45, 7) is 8.77. The standard InChI is InChI=1S/C16H26N4O3S/c1-10(2)12(17)14(21)20-8-16(9-20)18-11(7-24-16)13-15(23-13)19-3-5-22-6-4-19/h10-12,18H,3-9,17H2,1-2H3/t11-,12-/m0/s1. The van der Waals surface area contributed by atoms with Crippen LogP contribution in [0.25, 0.3) is 0 Å². The van der Waals surface area contributed by atoms with Gasteiger partial charge in [-0.25, -0.2) is 0 Å². The summed E-state index contributed by atoms with van der Waals surface area (Å²) in [4.78, 5) is 16.4. The van der Waals surface area contributed by atoms with Gasteiger partial charge in [0, 0.05) is 18.8 Å². The van der Waals surface area contributed by atoms with Crippen LogP contribution in [0.2, 0.25) is 0 Å². The van der Waals surface area contributed by atoms with E-state index in [1.54, 1.807) is 0 Å². The first kappa shape index (κ1) is 16.5. The second kappa shape index (κ2) is 6.09. The second-order valence-electron chi connectivity index (χ2n) is 7.34. The number of nitrogens with zero attached hydrogens (tertiary/aromatic N) is 2. The van der Waals surface area contributed by atoms with E-state index in [2.05, 4.69) is 10.2 Å². The van der Waals surface area contributed by atoms with Crippen LogP contribution >= 0.6 is 11.8 Å². The molecule has 0 saturated carbocycles.